The fraction of sp³-hybridized carbons (Fsp3) is 0.550. The molecular formula is C20H27N3O3. The summed E-state index contributed by atoms with van der Waals surface area (Å²) in [5, 5.41) is 1.13. The summed E-state index contributed by atoms with van der Waals surface area (Å²) in [7, 11) is 1.74. The number of likely N-dealkylation sites (tertiary alicyclic amines) is 1. The Kier molecular flexibility index (Phi) is 5.24. The van der Waals surface area contributed by atoms with Crippen LogP contribution in [-0.4, -0.2) is 79.8 Å². The van der Waals surface area contributed by atoms with E-state index in [-0.39, 0.29) is 5.91 Å². The Balaban J connectivity index is 1.51. The van der Waals surface area contributed by atoms with Crippen molar-refractivity contribution in [1.29, 1.82) is 0 Å². The number of nitrogens with zero attached hydrogens (tertiary/aromatic N) is 2. The van der Waals surface area contributed by atoms with Gasteiger partial charge in [-0.3, -0.25) is 9.69 Å². The minimum Gasteiger partial charge on any atom is -0.383 e. The molecule has 2 saturated heterocycles. The number of nitrogens with one attached hydrogen (secondary N) is 1. The molecule has 1 amide bonds. The smallest absolute Gasteiger partial charge is 0.253 e. The highest BCUT2D eigenvalue weighted by atomic mass is 16.5. The summed E-state index contributed by atoms with van der Waals surface area (Å²) in [6.07, 6.45) is 2.90. The molecule has 3 heterocycles. The van der Waals surface area contributed by atoms with Crippen LogP contribution in [0.5, 0.6) is 0 Å². The second kappa shape index (κ2) is 7.78. The van der Waals surface area contributed by atoms with Crippen molar-refractivity contribution in [2.24, 2.45) is 5.92 Å². The topological polar surface area (TPSA) is 57.8 Å². The van der Waals surface area contributed by atoms with E-state index in [9.17, 15) is 4.79 Å². The van der Waals surface area contributed by atoms with Gasteiger partial charge >= 0.3 is 0 Å². The van der Waals surface area contributed by atoms with Gasteiger partial charge in [-0.1, -0.05) is 6.07 Å². The molecule has 0 bridgehead atoms. The number of piperidine rings is 1. The molecule has 0 spiro atoms. The predicted molar refractivity (Wildman–Crippen MR) is 100 cm³/mol. The zero-order chi connectivity index (χ0) is 17.9. The summed E-state index contributed by atoms with van der Waals surface area (Å²) in [6, 6.07) is 8.27. The molecule has 0 saturated carbocycles. The molecule has 2 atom stereocenters. The SMILES string of the molecule is COCCN1CCOC[C@H]2CCN(C(=O)c3ccc4cc[nH]c4c3)C[C@H]21. The van der Waals surface area contributed by atoms with Gasteiger partial charge in [0.15, 0.2) is 0 Å². The van der Waals surface area contributed by atoms with E-state index in [1.165, 1.54) is 0 Å². The summed E-state index contributed by atoms with van der Waals surface area (Å²) in [6.45, 7) is 5.61. The van der Waals surface area contributed by atoms with Crippen molar-refractivity contribution in [3.8, 4) is 0 Å². The fourth-order valence-electron chi connectivity index (χ4n) is 4.20. The number of benzene rings is 1. The number of rotatable bonds is 4. The summed E-state index contributed by atoms with van der Waals surface area (Å²) < 4.78 is 11.1. The highest BCUT2D eigenvalue weighted by molar-refractivity contribution is 5.98. The average molecular weight is 357 g/mol. The number of amides is 1. The van der Waals surface area contributed by atoms with Gasteiger partial charge in [0, 0.05) is 62.5 Å². The molecule has 6 heteroatoms. The van der Waals surface area contributed by atoms with Gasteiger partial charge in [-0.05, 0) is 30.0 Å². The third kappa shape index (κ3) is 3.49. The zero-order valence-corrected chi connectivity index (χ0v) is 15.3. The molecule has 2 fully saturated rings. The molecular weight excluding hydrogens is 330 g/mol. The van der Waals surface area contributed by atoms with Crippen LogP contribution in [0.4, 0.5) is 0 Å². The minimum atomic E-state index is 0.122. The summed E-state index contributed by atoms with van der Waals surface area (Å²) in [5.41, 5.74) is 1.77. The first-order valence-corrected chi connectivity index (χ1v) is 9.43. The maximum absolute atomic E-state index is 13.1. The van der Waals surface area contributed by atoms with Crippen LogP contribution < -0.4 is 0 Å². The van der Waals surface area contributed by atoms with Crippen LogP contribution in [0.1, 0.15) is 16.8 Å². The quantitative estimate of drug-likeness (QED) is 0.909. The van der Waals surface area contributed by atoms with Crippen LogP contribution in [-0.2, 0) is 9.47 Å². The lowest BCUT2D eigenvalue weighted by Crippen LogP contribution is -2.55. The summed E-state index contributed by atoms with van der Waals surface area (Å²) in [4.78, 5) is 20.7. The number of aromatic nitrogens is 1. The van der Waals surface area contributed by atoms with Crippen LogP contribution in [0, 0.1) is 5.92 Å². The Bertz CT molecular complexity index is 760. The Morgan fingerprint density at radius 3 is 3.15 bits per heavy atom. The summed E-state index contributed by atoms with van der Waals surface area (Å²) in [5.74, 6) is 0.612. The van der Waals surface area contributed by atoms with E-state index in [2.05, 4.69) is 9.88 Å². The van der Waals surface area contributed by atoms with Crippen molar-refractivity contribution in [1.82, 2.24) is 14.8 Å². The van der Waals surface area contributed by atoms with Gasteiger partial charge in [0.25, 0.3) is 5.91 Å². The number of carbonyl (C=O) groups excluding carboxylic acids is 1. The Labute approximate surface area is 154 Å². The second-order valence-corrected chi connectivity index (χ2v) is 7.25. The number of ether oxygens (including phenoxy) is 2. The average Bonchev–Trinajstić information content (AvgIpc) is 3.05. The Morgan fingerprint density at radius 2 is 2.27 bits per heavy atom. The van der Waals surface area contributed by atoms with Gasteiger partial charge in [0.05, 0.1) is 19.8 Å². The van der Waals surface area contributed by atoms with E-state index in [1.807, 2.05) is 35.4 Å². The first-order valence-electron chi connectivity index (χ1n) is 9.43. The zero-order valence-electron chi connectivity index (χ0n) is 15.3. The normalized spacial score (nSPS) is 24.4. The largest absolute Gasteiger partial charge is 0.383 e. The fourth-order valence-corrected chi connectivity index (χ4v) is 4.20. The Morgan fingerprint density at radius 1 is 1.35 bits per heavy atom. The van der Waals surface area contributed by atoms with Crippen molar-refractivity contribution < 1.29 is 14.3 Å². The van der Waals surface area contributed by atoms with Crippen LogP contribution in [0.15, 0.2) is 30.5 Å². The van der Waals surface area contributed by atoms with Gasteiger partial charge in [0.2, 0.25) is 0 Å². The van der Waals surface area contributed by atoms with Crippen LogP contribution in [0.3, 0.4) is 0 Å². The second-order valence-electron chi connectivity index (χ2n) is 7.25. The van der Waals surface area contributed by atoms with Crippen molar-refractivity contribution in [3.05, 3.63) is 36.0 Å². The maximum atomic E-state index is 13.1. The van der Waals surface area contributed by atoms with Crippen molar-refractivity contribution in [3.63, 3.8) is 0 Å². The molecule has 140 valence electrons. The molecule has 4 rings (SSSR count). The van der Waals surface area contributed by atoms with Gasteiger partial charge in [-0.2, -0.15) is 0 Å². The monoisotopic (exact) mass is 357 g/mol. The van der Waals surface area contributed by atoms with E-state index in [0.29, 0.717) is 18.6 Å². The molecule has 0 aliphatic carbocycles. The van der Waals surface area contributed by atoms with E-state index in [1.54, 1.807) is 7.11 Å². The number of carbonyl (C=O) groups is 1. The number of aromatic amines is 1. The van der Waals surface area contributed by atoms with Gasteiger partial charge in [-0.15, -0.1) is 0 Å². The highest BCUT2D eigenvalue weighted by Crippen LogP contribution is 2.26. The number of hydrogen-bond donors (Lipinski definition) is 1. The van der Waals surface area contributed by atoms with Crippen molar-refractivity contribution in [2.75, 3.05) is 53.1 Å². The first-order chi connectivity index (χ1) is 12.8. The number of H-pyrrole nitrogens is 1. The van der Waals surface area contributed by atoms with Gasteiger partial charge in [0.1, 0.15) is 0 Å². The van der Waals surface area contributed by atoms with E-state index in [4.69, 9.17) is 9.47 Å². The lowest BCUT2D eigenvalue weighted by Gasteiger charge is -2.42. The molecule has 2 aliphatic heterocycles. The van der Waals surface area contributed by atoms with Crippen LogP contribution in [0.2, 0.25) is 0 Å². The summed E-state index contributed by atoms with van der Waals surface area (Å²) >= 11 is 0. The molecule has 0 radical (unpaired) electrons. The molecule has 6 nitrogen and oxygen atoms in total. The third-order valence-electron chi connectivity index (χ3n) is 5.72. The first kappa shape index (κ1) is 17.5. The molecule has 1 aromatic carbocycles. The standard InChI is InChI=1S/C20H27N3O3/c1-25-10-8-22-9-11-26-14-17-5-7-23(13-19(17)22)20(24)16-3-2-15-4-6-21-18(15)12-16/h2-4,6,12,17,19,21H,5,7-11,13-14H2,1H3/t17-,19-/m1/s1. The van der Waals surface area contributed by atoms with Crippen molar-refractivity contribution >= 4 is 16.8 Å². The van der Waals surface area contributed by atoms with E-state index in [0.717, 1.165) is 62.3 Å². The lowest BCUT2D eigenvalue weighted by atomic mass is 9.90. The number of fused-ring (bicyclic) bond motifs is 2. The molecule has 2 aromatic rings. The number of methoxy groups -OCH3 is 1. The molecule has 1 aromatic heterocycles. The van der Waals surface area contributed by atoms with E-state index < -0.39 is 0 Å². The highest BCUT2D eigenvalue weighted by Gasteiger charge is 2.36. The molecule has 0 unspecified atom stereocenters. The van der Waals surface area contributed by atoms with E-state index >= 15 is 0 Å². The predicted octanol–water partition coefficient (Wildman–Crippen LogP) is 1.98. The minimum absolute atomic E-state index is 0.122. The molecule has 1 N–H and O–H groups in total. The molecule has 2 aliphatic rings. The van der Waals surface area contributed by atoms with Crippen molar-refractivity contribution in [2.45, 2.75) is 12.5 Å². The molecule has 26 heavy (non-hydrogen) atoms. The van der Waals surface area contributed by atoms with Gasteiger partial charge in [-0.25, -0.2) is 0 Å². The lowest BCUT2D eigenvalue weighted by molar-refractivity contribution is 0.0328. The Hall–Kier alpha value is -1.89. The van der Waals surface area contributed by atoms with Gasteiger partial charge < -0.3 is 19.4 Å². The van der Waals surface area contributed by atoms with Crippen LogP contribution in [0.25, 0.3) is 10.9 Å². The number of hydrogen-bond acceptors (Lipinski definition) is 4. The van der Waals surface area contributed by atoms with Crippen LogP contribution >= 0.6 is 0 Å². The third-order valence-corrected chi connectivity index (χ3v) is 5.72. The maximum Gasteiger partial charge on any atom is 0.253 e.